The van der Waals surface area contributed by atoms with Crippen LogP contribution >= 0.6 is 0 Å². The van der Waals surface area contributed by atoms with E-state index in [0.717, 1.165) is 63.2 Å². The monoisotopic (exact) mass is 373 g/mol. The van der Waals surface area contributed by atoms with Crippen molar-refractivity contribution in [2.75, 3.05) is 39.8 Å². The van der Waals surface area contributed by atoms with Crippen molar-refractivity contribution in [1.82, 2.24) is 15.1 Å². The summed E-state index contributed by atoms with van der Waals surface area (Å²) in [4.78, 5) is 28.6. The number of methoxy groups -OCH3 is 1. The molecule has 0 unspecified atom stereocenters. The molecule has 2 heterocycles. The third-order valence-electron chi connectivity index (χ3n) is 5.84. The van der Waals surface area contributed by atoms with Gasteiger partial charge in [-0.25, -0.2) is 0 Å². The van der Waals surface area contributed by atoms with E-state index in [0.29, 0.717) is 6.54 Å². The van der Waals surface area contributed by atoms with Crippen LogP contribution in [0.1, 0.15) is 44.6 Å². The zero-order valence-electron chi connectivity index (χ0n) is 16.5. The van der Waals surface area contributed by atoms with Crippen LogP contribution in [0.25, 0.3) is 0 Å². The number of amides is 2. The Morgan fingerprint density at radius 2 is 1.67 bits per heavy atom. The Bertz CT molecular complexity index is 645. The van der Waals surface area contributed by atoms with Crippen molar-refractivity contribution in [3.63, 3.8) is 0 Å². The smallest absolute Gasteiger partial charge is 0.236 e. The molecule has 6 heteroatoms. The van der Waals surface area contributed by atoms with Gasteiger partial charge in [-0.05, 0) is 49.8 Å². The molecule has 0 saturated carbocycles. The molecular weight excluding hydrogens is 342 g/mol. The summed E-state index contributed by atoms with van der Waals surface area (Å²) in [5.41, 5.74) is 0.725. The zero-order chi connectivity index (χ0) is 19.3. The first-order chi connectivity index (χ1) is 13.0. The number of piperidine rings is 2. The molecule has 148 valence electrons. The molecule has 0 radical (unpaired) electrons. The zero-order valence-corrected chi connectivity index (χ0v) is 16.5. The van der Waals surface area contributed by atoms with E-state index in [-0.39, 0.29) is 17.4 Å². The van der Waals surface area contributed by atoms with Gasteiger partial charge in [0, 0.05) is 33.1 Å². The van der Waals surface area contributed by atoms with E-state index >= 15 is 0 Å². The lowest BCUT2D eigenvalue weighted by Gasteiger charge is -2.43. The summed E-state index contributed by atoms with van der Waals surface area (Å²) < 4.78 is 5.25. The topological polar surface area (TPSA) is 61.9 Å². The average molecular weight is 373 g/mol. The highest BCUT2D eigenvalue weighted by molar-refractivity contribution is 5.78. The van der Waals surface area contributed by atoms with Crippen LogP contribution in [0.5, 0.6) is 5.75 Å². The fraction of sp³-hybridized carbons (Fsp3) is 0.619. The van der Waals surface area contributed by atoms with Gasteiger partial charge in [-0.1, -0.05) is 12.1 Å². The van der Waals surface area contributed by atoms with Gasteiger partial charge in [0.25, 0.3) is 0 Å². The van der Waals surface area contributed by atoms with Gasteiger partial charge >= 0.3 is 0 Å². The van der Waals surface area contributed by atoms with Crippen molar-refractivity contribution in [3.05, 3.63) is 29.8 Å². The van der Waals surface area contributed by atoms with Crippen LogP contribution < -0.4 is 10.1 Å². The quantitative estimate of drug-likeness (QED) is 0.859. The number of hydrogen-bond donors (Lipinski definition) is 1. The predicted octanol–water partition coefficient (Wildman–Crippen LogP) is 2.13. The lowest BCUT2D eigenvalue weighted by Crippen LogP contribution is -2.54. The van der Waals surface area contributed by atoms with Crippen molar-refractivity contribution < 1.29 is 14.3 Å². The van der Waals surface area contributed by atoms with E-state index in [4.69, 9.17) is 4.74 Å². The SMILES string of the molecule is COc1ccc(C2(NC(C)=O)CCN(CC(=O)N3CCCCC3)CC2)cc1. The maximum absolute atomic E-state index is 12.5. The Morgan fingerprint density at radius 3 is 2.22 bits per heavy atom. The molecule has 27 heavy (non-hydrogen) atoms. The summed E-state index contributed by atoms with van der Waals surface area (Å²) >= 11 is 0. The molecule has 1 aromatic rings. The van der Waals surface area contributed by atoms with Gasteiger partial charge in [-0.15, -0.1) is 0 Å². The number of ether oxygens (including phenoxy) is 1. The van der Waals surface area contributed by atoms with Crippen LogP contribution in [-0.4, -0.2) is 61.4 Å². The van der Waals surface area contributed by atoms with Crippen molar-refractivity contribution >= 4 is 11.8 Å². The summed E-state index contributed by atoms with van der Waals surface area (Å²) in [5.74, 6) is 1.02. The molecule has 2 aliphatic heterocycles. The van der Waals surface area contributed by atoms with Crippen molar-refractivity contribution in [3.8, 4) is 5.75 Å². The molecule has 2 aliphatic rings. The van der Waals surface area contributed by atoms with E-state index in [9.17, 15) is 9.59 Å². The normalized spacial score (nSPS) is 20.1. The number of nitrogens with zero attached hydrogens (tertiary/aromatic N) is 2. The maximum atomic E-state index is 12.5. The first-order valence-electron chi connectivity index (χ1n) is 9.96. The lowest BCUT2D eigenvalue weighted by molar-refractivity contribution is -0.134. The molecule has 3 rings (SSSR count). The molecule has 1 N–H and O–H groups in total. The second kappa shape index (κ2) is 8.74. The van der Waals surface area contributed by atoms with E-state index < -0.39 is 0 Å². The minimum Gasteiger partial charge on any atom is -0.497 e. The van der Waals surface area contributed by atoms with E-state index in [1.165, 1.54) is 6.42 Å². The van der Waals surface area contributed by atoms with Crippen LogP contribution in [0.2, 0.25) is 0 Å². The molecule has 2 saturated heterocycles. The molecule has 2 amide bonds. The second-order valence-corrected chi connectivity index (χ2v) is 7.71. The number of carbonyl (C=O) groups is 2. The van der Waals surface area contributed by atoms with Crippen LogP contribution in [0.15, 0.2) is 24.3 Å². The Labute approximate surface area is 161 Å². The molecule has 0 bridgehead atoms. The Kier molecular flexibility index (Phi) is 6.37. The number of rotatable bonds is 5. The molecule has 0 aromatic heterocycles. The lowest BCUT2D eigenvalue weighted by atomic mass is 9.80. The first-order valence-corrected chi connectivity index (χ1v) is 9.96. The average Bonchev–Trinajstić information content (AvgIpc) is 2.70. The van der Waals surface area contributed by atoms with Gasteiger partial charge in [-0.3, -0.25) is 14.5 Å². The highest BCUT2D eigenvalue weighted by atomic mass is 16.5. The van der Waals surface area contributed by atoms with Gasteiger partial charge in [-0.2, -0.15) is 0 Å². The fourth-order valence-corrected chi connectivity index (χ4v) is 4.26. The fourth-order valence-electron chi connectivity index (χ4n) is 4.26. The number of nitrogens with one attached hydrogen (secondary N) is 1. The molecule has 2 fully saturated rings. The Morgan fingerprint density at radius 1 is 1.04 bits per heavy atom. The van der Waals surface area contributed by atoms with Gasteiger partial charge in [0.1, 0.15) is 5.75 Å². The van der Waals surface area contributed by atoms with E-state index in [1.54, 1.807) is 14.0 Å². The van der Waals surface area contributed by atoms with Gasteiger partial charge in [0.05, 0.1) is 19.2 Å². The molecule has 6 nitrogen and oxygen atoms in total. The van der Waals surface area contributed by atoms with Crippen molar-refractivity contribution in [2.45, 2.75) is 44.6 Å². The Hall–Kier alpha value is -2.08. The minimum absolute atomic E-state index is 0.0244. The summed E-state index contributed by atoms with van der Waals surface area (Å²) in [6.07, 6.45) is 5.07. The number of likely N-dealkylation sites (tertiary alicyclic amines) is 2. The van der Waals surface area contributed by atoms with Gasteiger partial charge < -0.3 is 15.0 Å². The van der Waals surface area contributed by atoms with E-state index in [2.05, 4.69) is 10.2 Å². The molecular formula is C21H31N3O3. The van der Waals surface area contributed by atoms with Crippen LogP contribution in [0, 0.1) is 0 Å². The highest BCUT2D eigenvalue weighted by Gasteiger charge is 2.37. The van der Waals surface area contributed by atoms with Crippen LogP contribution in [0.4, 0.5) is 0 Å². The maximum Gasteiger partial charge on any atom is 0.236 e. The van der Waals surface area contributed by atoms with Crippen molar-refractivity contribution in [1.29, 1.82) is 0 Å². The number of carbonyl (C=O) groups excluding carboxylic acids is 2. The molecule has 0 aliphatic carbocycles. The van der Waals surface area contributed by atoms with Gasteiger partial charge in [0.15, 0.2) is 0 Å². The standard InChI is InChI=1S/C21H31N3O3/c1-17(25)22-21(18-6-8-19(27-2)9-7-18)10-14-23(15-11-21)16-20(26)24-12-4-3-5-13-24/h6-9H,3-5,10-16H2,1-2H3,(H,22,25). The highest BCUT2D eigenvalue weighted by Crippen LogP contribution is 2.34. The van der Waals surface area contributed by atoms with Crippen LogP contribution in [0.3, 0.4) is 0 Å². The van der Waals surface area contributed by atoms with Crippen molar-refractivity contribution in [2.24, 2.45) is 0 Å². The predicted molar refractivity (Wildman–Crippen MR) is 105 cm³/mol. The third kappa shape index (κ3) is 4.80. The summed E-state index contributed by atoms with van der Waals surface area (Å²) in [7, 11) is 1.65. The first kappa shape index (κ1) is 19.7. The largest absolute Gasteiger partial charge is 0.497 e. The second-order valence-electron chi connectivity index (χ2n) is 7.71. The minimum atomic E-state index is -0.372. The van der Waals surface area contributed by atoms with Gasteiger partial charge in [0.2, 0.25) is 11.8 Å². The number of hydrogen-bond acceptors (Lipinski definition) is 4. The third-order valence-corrected chi connectivity index (χ3v) is 5.84. The van der Waals surface area contributed by atoms with E-state index in [1.807, 2.05) is 29.2 Å². The molecule has 0 atom stereocenters. The number of benzene rings is 1. The molecule has 1 aromatic carbocycles. The summed E-state index contributed by atoms with van der Waals surface area (Å²) in [6, 6.07) is 7.93. The Balaban J connectivity index is 1.64. The summed E-state index contributed by atoms with van der Waals surface area (Å²) in [5, 5.41) is 3.18. The van der Waals surface area contributed by atoms with Crippen LogP contribution in [-0.2, 0) is 15.1 Å². The summed E-state index contributed by atoms with van der Waals surface area (Å²) in [6.45, 7) is 5.44. The molecule has 0 spiro atoms.